The van der Waals surface area contributed by atoms with E-state index in [9.17, 15) is 26.4 Å². The summed E-state index contributed by atoms with van der Waals surface area (Å²) in [7, 11) is -3.65. The number of sulfonamides is 1. The number of halogens is 3. The third kappa shape index (κ3) is 5.68. The maximum atomic E-state index is 12.8. The molecule has 10 heteroatoms. The molecule has 0 aromatic heterocycles. The van der Waals surface area contributed by atoms with Crippen LogP contribution in [0.25, 0.3) is 0 Å². The average Bonchev–Trinajstić information content (AvgIpc) is 2.65. The fourth-order valence-electron chi connectivity index (χ4n) is 3.01. The van der Waals surface area contributed by atoms with Gasteiger partial charge in [-0.15, -0.1) is 0 Å². The Morgan fingerprint density at radius 1 is 1.07 bits per heavy atom. The van der Waals surface area contributed by atoms with Gasteiger partial charge < -0.3 is 5.32 Å². The maximum Gasteiger partial charge on any atom is 0.405 e. The van der Waals surface area contributed by atoms with Crippen LogP contribution in [0.4, 0.5) is 13.2 Å². The van der Waals surface area contributed by atoms with Gasteiger partial charge in [-0.2, -0.15) is 17.5 Å². The summed E-state index contributed by atoms with van der Waals surface area (Å²) >= 11 is 0. The highest BCUT2D eigenvalue weighted by molar-refractivity contribution is 7.89. The monoisotopic (exact) mass is 421 g/mol. The van der Waals surface area contributed by atoms with Gasteiger partial charge in [0.1, 0.15) is 6.54 Å². The lowest BCUT2D eigenvalue weighted by Gasteiger charge is -2.36. The van der Waals surface area contributed by atoms with E-state index in [1.165, 1.54) is 11.2 Å². The van der Waals surface area contributed by atoms with E-state index in [2.05, 4.69) is 0 Å². The molecule has 1 aromatic rings. The fraction of sp³-hybridized carbons (Fsp3) is 0.611. The number of nitrogens with zero attached hydrogens (tertiary/aromatic N) is 2. The number of amides is 1. The van der Waals surface area contributed by atoms with Gasteiger partial charge in [-0.3, -0.25) is 9.69 Å². The smallest absolute Gasteiger partial charge is 0.346 e. The van der Waals surface area contributed by atoms with Crippen LogP contribution in [0.3, 0.4) is 0 Å². The Morgan fingerprint density at radius 2 is 1.61 bits per heavy atom. The second-order valence-corrected chi connectivity index (χ2v) is 9.11. The van der Waals surface area contributed by atoms with Crippen molar-refractivity contribution in [3.8, 4) is 0 Å². The van der Waals surface area contributed by atoms with Gasteiger partial charge in [-0.05, 0) is 30.5 Å². The zero-order valence-electron chi connectivity index (χ0n) is 16.2. The van der Waals surface area contributed by atoms with E-state index in [4.69, 9.17) is 0 Å². The van der Waals surface area contributed by atoms with E-state index in [-0.39, 0.29) is 31.1 Å². The second kappa shape index (κ2) is 8.79. The molecule has 1 N–H and O–H groups in total. The topological polar surface area (TPSA) is 69.7 Å². The van der Waals surface area contributed by atoms with Crippen molar-refractivity contribution in [2.75, 3.05) is 32.7 Å². The van der Waals surface area contributed by atoms with E-state index in [1.54, 1.807) is 29.2 Å². The molecule has 1 fully saturated rings. The molecular formula is C18H26F3N3O3S. The first-order valence-corrected chi connectivity index (χ1v) is 10.5. The van der Waals surface area contributed by atoms with Crippen molar-refractivity contribution in [3.05, 3.63) is 29.8 Å². The van der Waals surface area contributed by atoms with E-state index in [1.807, 2.05) is 19.2 Å². The molecule has 1 atom stereocenters. The minimum atomic E-state index is -4.47. The Balaban J connectivity index is 1.95. The molecule has 0 unspecified atom stereocenters. The van der Waals surface area contributed by atoms with Crippen LogP contribution < -0.4 is 5.32 Å². The van der Waals surface area contributed by atoms with E-state index in [0.717, 1.165) is 5.56 Å². The molecular weight excluding hydrogens is 395 g/mol. The van der Waals surface area contributed by atoms with Gasteiger partial charge in [-0.25, -0.2) is 8.42 Å². The van der Waals surface area contributed by atoms with Gasteiger partial charge in [0.15, 0.2) is 0 Å². The van der Waals surface area contributed by atoms with Crippen molar-refractivity contribution in [2.45, 2.75) is 43.8 Å². The quantitative estimate of drug-likeness (QED) is 0.765. The Kier molecular flexibility index (Phi) is 7.11. The molecule has 1 heterocycles. The van der Waals surface area contributed by atoms with Crippen LogP contribution in [-0.2, 0) is 14.8 Å². The van der Waals surface area contributed by atoms with Crippen molar-refractivity contribution in [1.29, 1.82) is 0 Å². The molecule has 1 aliphatic rings. The average molecular weight is 421 g/mol. The van der Waals surface area contributed by atoms with Crippen LogP contribution >= 0.6 is 0 Å². The molecule has 158 valence electrons. The van der Waals surface area contributed by atoms with Gasteiger partial charge >= 0.3 is 6.18 Å². The molecule has 1 saturated heterocycles. The van der Waals surface area contributed by atoms with Crippen molar-refractivity contribution in [3.63, 3.8) is 0 Å². The fourth-order valence-corrected chi connectivity index (χ4v) is 4.43. The van der Waals surface area contributed by atoms with Gasteiger partial charge in [0, 0.05) is 26.2 Å². The largest absolute Gasteiger partial charge is 0.405 e. The zero-order chi connectivity index (χ0) is 21.1. The van der Waals surface area contributed by atoms with Crippen LogP contribution in [0.1, 0.15) is 32.3 Å². The van der Waals surface area contributed by atoms with Gasteiger partial charge in [0.25, 0.3) is 0 Å². The molecule has 0 spiro atoms. The summed E-state index contributed by atoms with van der Waals surface area (Å²) in [6.45, 7) is 5.06. The number of hydrogen-bond acceptors (Lipinski definition) is 4. The molecule has 1 aliphatic heterocycles. The SMILES string of the molecule is CC(C)c1ccc(S(=O)(=O)N2CCN([C@H](C)C(=O)NCC(F)(F)F)CC2)cc1. The highest BCUT2D eigenvalue weighted by atomic mass is 32.2. The predicted molar refractivity (Wildman–Crippen MR) is 99.4 cm³/mol. The summed E-state index contributed by atoms with van der Waals surface area (Å²) in [5.41, 5.74) is 1.04. The Morgan fingerprint density at radius 3 is 2.07 bits per heavy atom. The number of nitrogens with one attached hydrogen (secondary N) is 1. The third-order valence-corrected chi connectivity index (χ3v) is 6.76. The summed E-state index contributed by atoms with van der Waals surface area (Å²) in [5, 5.41) is 1.86. The first-order valence-electron chi connectivity index (χ1n) is 9.10. The number of piperazine rings is 1. The maximum absolute atomic E-state index is 12.8. The van der Waals surface area contributed by atoms with E-state index >= 15 is 0 Å². The Hall–Kier alpha value is -1.65. The number of benzene rings is 1. The van der Waals surface area contributed by atoms with Crippen LogP contribution in [0.5, 0.6) is 0 Å². The Labute approximate surface area is 163 Å². The number of rotatable bonds is 6. The molecule has 0 bridgehead atoms. The molecule has 1 amide bonds. The number of alkyl halides is 3. The normalized spacial score (nSPS) is 18.2. The van der Waals surface area contributed by atoms with Gasteiger partial charge in [-0.1, -0.05) is 26.0 Å². The van der Waals surface area contributed by atoms with E-state index < -0.39 is 34.7 Å². The summed E-state index contributed by atoms with van der Waals surface area (Å²) < 4.78 is 63.6. The third-order valence-electron chi connectivity index (χ3n) is 4.85. The molecule has 6 nitrogen and oxygen atoms in total. The summed E-state index contributed by atoms with van der Waals surface area (Å²) in [6, 6.07) is 5.99. The van der Waals surface area contributed by atoms with Crippen molar-refractivity contribution in [1.82, 2.24) is 14.5 Å². The van der Waals surface area contributed by atoms with Gasteiger partial charge in [0.05, 0.1) is 10.9 Å². The summed E-state index contributed by atoms with van der Waals surface area (Å²) in [5.74, 6) is -0.428. The van der Waals surface area contributed by atoms with Crippen molar-refractivity contribution in [2.24, 2.45) is 0 Å². The second-order valence-electron chi connectivity index (χ2n) is 7.17. The first-order chi connectivity index (χ1) is 12.9. The minimum absolute atomic E-state index is 0.172. The highest BCUT2D eigenvalue weighted by Gasteiger charge is 2.33. The lowest BCUT2D eigenvalue weighted by Crippen LogP contribution is -2.55. The molecule has 1 aromatic carbocycles. The number of carbonyl (C=O) groups excluding carboxylic acids is 1. The van der Waals surface area contributed by atoms with Crippen LogP contribution in [-0.4, -0.2) is 68.5 Å². The first kappa shape index (κ1) is 22.6. The summed E-state index contributed by atoms with van der Waals surface area (Å²) in [6.07, 6.45) is -4.47. The van der Waals surface area contributed by atoms with Crippen molar-refractivity contribution < 1.29 is 26.4 Å². The predicted octanol–water partition coefficient (Wildman–Crippen LogP) is 2.18. The van der Waals surface area contributed by atoms with Gasteiger partial charge in [0.2, 0.25) is 15.9 Å². The van der Waals surface area contributed by atoms with Crippen LogP contribution in [0.15, 0.2) is 29.2 Å². The molecule has 0 radical (unpaired) electrons. The molecule has 0 aliphatic carbocycles. The lowest BCUT2D eigenvalue weighted by atomic mass is 10.0. The number of hydrogen-bond donors (Lipinski definition) is 1. The van der Waals surface area contributed by atoms with Crippen LogP contribution in [0, 0.1) is 0 Å². The van der Waals surface area contributed by atoms with E-state index in [0.29, 0.717) is 5.92 Å². The minimum Gasteiger partial charge on any atom is -0.346 e. The zero-order valence-corrected chi connectivity index (χ0v) is 17.0. The molecule has 0 saturated carbocycles. The highest BCUT2D eigenvalue weighted by Crippen LogP contribution is 2.22. The van der Waals surface area contributed by atoms with Crippen LogP contribution in [0.2, 0.25) is 0 Å². The lowest BCUT2D eigenvalue weighted by molar-refractivity contribution is -0.141. The summed E-state index contributed by atoms with van der Waals surface area (Å²) in [4.78, 5) is 13.8. The molecule has 2 rings (SSSR count). The number of carbonyl (C=O) groups is 1. The standard InChI is InChI=1S/C18H26F3N3O3S/c1-13(2)15-4-6-16(7-5-15)28(26,27)24-10-8-23(9-11-24)14(3)17(25)22-12-18(19,20)21/h4-7,13-14H,8-12H2,1-3H3,(H,22,25)/t14-/m1/s1. The molecule has 28 heavy (non-hydrogen) atoms. The van der Waals surface area contributed by atoms with Crippen molar-refractivity contribution >= 4 is 15.9 Å². The Bertz CT molecular complexity index is 772.